The van der Waals surface area contributed by atoms with E-state index in [1.807, 2.05) is 0 Å². The van der Waals surface area contributed by atoms with Gasteiger partial charge in [-0.05, 0) is 50.9 Å². The lowest BCUT2D eigenvalue weighted by atomic mass is 10.1. The fraction of sp³-hybridized carbons (Fsp3) is 0.600. The highest BCUT2D eigenvalue weighted by molar-refractivity contribution is 5.45. The van der Waals surface area contributed by atoms with Gasteiger partial charge < -0.3 is 10.6 Å². The van der Waals surface area contributed by atoms with E-state index in [2.05, 4.69) is 62.6 Å². The van der Waals surface area contributed by atoms with Crippen molar-refractivity contribution in [3.63, 3.8) is 0 Å². The van der Waals surface area contributed by atoms with Crippen molar-refractivity contribution >= 4 is 5.69 Å². The number of anilines is 1. The maximum absolute atomic E-state index is 3.50. The molecule has 0 radical (unpaired) electrons. The Morgan fingerprint density at radius 3 is 2.24 bits per heavy atom. The standard InChI is InChI=1S/C15H26N2/c1-5-11-16-13(4)14-7-9-15(10-8-14)17-12(3)6-2/h7-10,12-13,16-17H,5-6,11H2,1-4H3. The van der Waals surface area contributed by atoms with E-state index < -0.39 is 0 Å². The van der Waals surface area contributed by atoms with Crippen molar-refractivity contribution in [2.75, 3.05) is 11.9 Å². The van der Waals surface area contributed by atoms with E-state index in [-0.39, 0.29) is 0 Å². The smallest absolute Gasteiger partial charge is 0.0342 e. The Morgan fingerprint density at radius 1 is 1.06 bits per heavy atom. The number of hydrogen-bond donors (Lipinski definition) is 2. The first-order chi connectivity index (χ1) is 8.17. The molecular formula is C15H26N2. The molecule has 1 aromatic carbocycles. The van der Waals surface area contributed by atoms with E-state index in [1.54, 1.807) is 0 Å². The molecule has 0 aromatic heterocycles. The van der Waals surface area contributed by atoms with Gasteiger partial charge >= 0.3 is 0 Å². The molecule has 0 bridgehead atoms. The van der Waals surface area contributed by atoms with Gasteiger partial charge in [-0.15, -0.1) is 0 Å². The lowest BCUT2D eigenvalue weighted by Crippen LogP contribution is -2.19. The molecule has 1 rings (SSSR count). The predicted octanol–water partition coefficient (Wildman–Crippen LogP) is 3.96. The van der Waals surface area contributed by atoms with Gasteiger partial charge in [-0.2, -0.15) is 0 Å². The van der Waals surface area contributed by atoms with Crippen molar-refractivity contribution in [1.29, 1.82) is 0 Å². The van der Waals surface area contributed by atoms with E-state index in [9.17, 15) is 0 Å². The lowest BCUT2D eigenvalue weighted by Gasteiger charge is -2.16. The van der Waals surface area contributed by atoms with Gasteiger partial charge in [-0.3, -0.25) is 0 Å². The summed E-state index contributed by atoms with van der Waals surface area (Å²) in [5.74, 6) is 0. The molecule has 17 heavy (non-hydrogen) atoms. The molecule has 0 saturated heterocycles. The first kappa shape index (κ1) is 14.0. The topological polar surface area (TPSA) is 24.1 Å². The van der Waals surface area contributed by atoms with Gasteiger partial charge in [0, 0.05) is 17.8 Å². The Morgan fingerprint density at radius 2 is 1.71 bits per heavy atom. The van der Waals surface area contributed by atoms with E-state index in [4.69, 9.17) is 0 Å². The van der Waals surface area contributed by atoms with Crippen molar-refractivity contribution in [2.45, 2.75) is 52.6 Å². The molecule has 2 atom stereocenters. The minimum Gasteiger partial charge on any atom is -0.383 e. The summed E-state index contributed by atoms with van der Waals surface area (Å²) in [7, 11) is 0. The van der Waals surface area contributed by atoms with Crippen LogP contribution >= 0.6 is 0 Å². The van der Waals surface area contributed by atoms with Crippen LogP contribution in [0.25, 0.3) is 0 Å². The SMILES string of the molecule is CCCNC(C)c1ccc(NC(C)CC)cc1. The quantitative estimate of drug-likeness (QED) is 0.746. The fourth-order valence-electron chi connectivity index (χ4n) is 1.73. The van der Waals surface area contributed by atoms with Gasteiger partial charge in [0.1, 0.15) is 0 Å². The number of benzene rings is 1. The highest BCUT2D eigenvalue weighted by atomic mass is 14.9. The molecule has 2 N–H and O–H groups in total. The number of hydrogen-bond acceptors (Lipinski definition) is 2. The minimum absolute atomic E-state index is 0.438. The highest BCUT2D eigenvalue weighted by Gasteiger charge is 2.04. The van der Waals surface area contributed by atoms with E-state index in [0.717, 1.165) is 13.0 Å². The van der Waals surface area contributed by atoms with Gasteiger partial charge in [0.2, 0.25) is 0 Å². The van der Waals surface area contributed by atoms with Crippen LogP contribution in [0.2, 0.25) is 0 Å². The van der Waals surface area contributed by atoms with Crippen LogP contribution in [-0.4, -0.2) is 12.6 Å². The molecule has 0 heterocycles. The van der Waals surface area contributed by atoms with Crippen LogP contribution in [0.15, 0.2) is 24.3 Å². The second kappa shape index (κ2) is 7.33. The van der Waals surface area contributed by atoms with E-state index in [1.165, 1.54) is 17.7 Å². The monoisotopic (exact) mass is 234 g/mol. The first-order valence-electron chi connectivity index (χ1n) is 6.77. The molecule has 0 aliphatic heterocycles. The molecule has 2 heteroatoms. The van der Waals surface area contributed by atoms with Crippen LogP contribution in [0.4, 0.5) is 5.69 Å². The third-order valence-electron chi connectivity index (χ3n) is 3.14. The molecule has 2 unspecified atom stereocenters. The molecule has 0 amide bonds. The molecule has 0 aliphatic carbocycles. The zero-order valence-electron chi connectivity index (χ0n) is 11.6. The Hall–Kier alpha value is -1.02. The van der Waals surface area contributed by atoms with Crippen LogP contribution in [0.5, 0.6) is 0 Å². The number of nitrogens with one attached hydrogen (secondary N) is 2. The highest BCUT2D eigenvalue weighted by Crippen LogP contribution is 2.16. The molecule has 0 fully saturated rings. The third-order valence-corrected chi connectivity index (χ3v) is 3.14. The van der Waals surface area contributed by atoms with Gasteiger partial charge in [0.25, 0.3) is 0 Å². The van der Waals surface area contributed by atoms with Crippen molar-refractivity contribution in [3.8, 4) is 0 Å². The summed E-state index contributed by atoms with van der Waals surface area (Å²) >= 11 is 0. The van der Waals surface area contributed by atoms with Crippen LogP contribution in [0.1, 0.15) is 52.1 Å². The van der Waals surface area contributed by atoms with Crippen LogP contribution in [0.3, 0.4) is 0 Å². The first-order valence-corrected chi connectivity index (χ1v) is 6.77. The zero-order valence-corrected chi connectivity index (χ0v) is 11.6. The Labute approximate surface area is 106 Å². The average Bonchev–Trinajstić information content (AvgIpc) is 2.36. The van der Waals surface area contributed by atoms with E-state index >= 15 is 0 Å². The maximum Gasteiger partial charge on any atom is 0.0342 e. The number of rotatable bonds is 7. The summed E-state index contributed by atoms with van der Waals surface area (Å²) in [6.07, 6.45) is 2.33. The van der Waals surface area contributed by atoms with Crippen LogP contribution in [0, 0.1) is 0 Å². The Kier molecular flexibility index (Phi) is 6.06. The summed E-state index contributed by atoms with van der Waals surface area (Å²) in [6.45, 7) is 9.89. The summed E-state index contributed by atoms with van der Waals surface area (Å²) < 4.78 is 0. The second-order valence-corrected chi connectivity index (χ2v) is 4.75. The van der Waals surface area contributed by atoms with Crippen LogP contribution in [-0.2, 0) is 0 Å². The van der Waals surface area contributed by atoms with Crippen molar-refractivity contribution < 1.29 is 0 Å². The van der Waals surface area contributed by atoms with Gasteiger partial charge in [0.15, 0.2) is 0 Å². The lowest BCUT2D eigenvalue weighted by molar-refractivity contribution is 0.571. The van der Waals surface area contributed by atoms with Crippen LogP contribution < -0.4 is 10.6 Å². The van der Waals surface area contributed by atoms with Gasteiger partial charge in [-0.25, -0.2) is 0 Å². The average molecular weight is 234 g/mol. The Bertz CT molecular complexity index is 305. The summed E-state index contributed by atoms with van der Waals surface area (Å²) in [6, 6.07) is 9.73. The minimum atomic E-state index is 0.438. The van der Waals surface area contributed by atoms with Gasteiger partial charge in [-0.1, -0.05) is 26.0 Å². The zero-order chi connectivity index (χ0) is 12.7. The summed E-state index contributed by atoms with van der Waals surface area (Å²) in [5, 5.41) is 6.98. The molecule has 0 saturated carbocycles. The second-order valence-electron chi connectivity index (χ2n) is 4.75. The van der Waals surface area contributed by atoms with Crippen molar-refractivity contribution in [2.24, 2.45) is 0 Å². The molecule has 2 nitrogen and oxygen atoms in total. The van der Waals surface area contributed by atoms with E-state index in [0.29, 0.717) is 12.1 Å². The molecule has 1 aromatic rings. The predicted molar refractivity (Wildman–Crippen MR) is 76.5 cm³/mol. The van der Waals surface area contributed by atoms with Gasteiger partial charge in [0.05, 0.1) is 0 Å². The normalized spacial score (nSPS) is 14.4. The fourth-order valence-corrected chi connectivity index (χ4v) is 1.73. The largest absolute Gasteiger partial charge is 0.383 e. The molecule has 96 valence electrons. The molecule has 0 aliphatic rings. The summed E-state index contributed by atoms with van der Waals surface area (Å²) in [5.41, 5.74) is 2.57. The maximum atomic E-state index is 3.50. The molecule has 0 spiro atoms. The van der Waals surface area contributed by atoms with Crippen molar-refractivity contribution in [1.82, 2.24) is 5.32 Å². The van der Waals surface area contributed by atoms with Crippen molar-refractivity contribution in [3.05, 3.63) is 29.8 Å². The summed E-state index contributed by atoms with van der Waals surface area (Å²) in [4.78, 5) is 0. The molecular weight excluding hydrogens is 208 g/mol. The third kappa shape index (κ3) is 4.78. The Balaban J connectivity index is 2.54.